The van der Waals surface area contributed by atoms with Crippen LogP contribution in [0.3, 0.4) is 0 Å². The summed E-state index contributed by atoms with van der Waals surface area (Å²) in [4.78, 5) is 42.1. The van der Waals surface area contributed by atoms with E-state index in [0.717, 1.165) is 11.1 Å². The van der Waals surface area contributed by atoms with Crippen molar-refractivity contribution in [1.29, 1.82) is 0 Å². The van der Waals surface area contributed by atoms with Crippen LogP contribution in [0.25, 0.3) is 11.1 Å². The van der Waals surface area contributed by atoms with Crippen LogP contribution in [0.5, 0.6) is 0 Å². The van der Waals surface area contributed by atoms with Crippen molar-refractivity contribution in [1.82, 2.24) is 15.2 Å². The number of thiazole rings is 1. The molecule has 3 aromatic rings. The molecule has 2 aliphatic rings. The summed E-state index contributed by atoms with van der Waals surface area (Å²) in [5, 5.41) is 14.4. The molecular weight excluding hydrogens is 466 g/mol. The molecule has 1 aliphatic carbocycles. The molecule has 2 N–H and O–H groups in total. The molecule has 2 heterocycles. The van der Waals surface area contributed by atoms with Crippen molar-refractivity contribution in [3.05, 3.63) is 75.7 Å². The van der Waals surface area contributed by atoms with Crippen LogP contribution in [0, 0.1) is 0 Å². The Labute approximate surface area is 206 Å². The normalized spacial score (nSPS) is 16.6. The average molecular weight is 492 g/mol. The lowest BCUT2D eigenvalue weighted by Crippen LogP contribution is -2.41. The molecule has 180 valence electrons. The van der Waals surface area contributed by atoms with Crippen molar-refractivity contribution in [3.63, 3.8) is 0 Å². The van der Waals surface area contributed by atoms with Crippen molar-refractivity contribution in [2.45, 2.75) is 37.8 Å². The lowest BCUT2D eigenvalue weighted by atomic mass is 9.98. The van der Waals surface area contributed by atoms with E-state index in [2.05, 4.69) is 34.6 Å². The van der Waals surface area contributed by atoms with E-state index in [4.69, 9.17) is 4.74 Å². The zero-order valence-electron chi connectivity index (χ0n) is 19.0. The number of carboxylic acids is 1. The highest BCUT2D eigenvalue weighted by molar-refractivity contribution is 7.09. The van der Waals surface area contributed by atoms with Crippen LogP contribution in [-0.4, -0.2) is 52.2 Å². The first-order valence-corrected chi connectivity index (χ1v) is 12.4. The first kappa shape index (κ1) is 23.0. The first-order valence-electron chi connectivity index (χ1n) is 11.6. The minimum absolute atomic E-state index is 0.00848. The van der Waals surface area contributed by atoms with Crippen LogP contribution < -0.4 is 5.32 Å². The molecule has 2 amide bonds. The Balaban J connectivity index is 1.13. The van der Waals surface area contributed by atoms with Crippen LogP contribution in [0.15, 0.2) is 53.9 Å². The molecule has 35 heavy (non-hydrogen) atoms. The fourth-order valence-electron chi connectivity index (χ4n) is 4.89. The van der Waals surface area contributed by atoms with Gasteiger partial charge in [-0.05, 0) is 35.1 Å². The number of carbonyl (C=O) groups is 3. The molecule has 0 bridgehead atoms. The number of carboxylic acid groups (broad SMARTS) is 1. The molecule has 1 saturated heterocycles. The van der Waals surface area contributed by atoms with Crippen LogP contribution in [-0.2, 0) is 27.3 Å². The Morgan fingerprint density at radius 1 is 1.09 bits per heavy atom. The van der Waals surface area contributed by atoms with Crippen molar-refractivity contribution in [2.24, 2.45) is 0 Å². The van der Waals surface area contributed by atoms with Gasteiger partial charge >= 0.3 is 12.1 Å². The van der Waals surface area contributed by atoms with E-state index < -0.39 is 18.1 Å². The summed E-state index contributed by atoms with van der Waals surface area (Å²) >= 11 is 1.34. The number of amides is 2. The standard InChI is InChI=1S/C26H25N3O5S/c30-24(29-11-5-10-22(29)25(31)32)12-16-15-35-23(28-16)13-27-26(33)34-14-21-19-8-3-1-6-17(19)18-7-2-4-9-20(18)21/h1-4,6-9,15,21-22H,5,10-14H2,(H,27,33)(H,31,32)/t22-/m0/s1. The third-order valence-corrected chi connectivity index (χ3v) is 7.42. The minimum Gasteiger partial charge on any atom is -0.480 e. The zero-order valence-corrected chi connectivity index (χ0v) is 19.8. The number of nitrogens with one attached hydrogen (secondary N) is 1. The fourth-order valence-corrected chi connectivity index (χ4v) is 5.62. The molecule has 0 spiro atoms. The highest BCUT2D eigenvalue weighted by atomic mass is 32.1. The molecule has 2 aromatic carbocycles. The van der Waals surface area contributed by atoms with E-state index >= 15 is 0 Å². The number of aliphatic carboxylic acids is 1. The number of hydrogen-bond donors (Lipinski definition) is 2. The number of benzene rings is 2. The Kier molecular flexibility index (Phi) is 6.50. The maximum atomic E-state index is 12.5. The van der Waals surface area contributed by atoms with E-state index in [1.54, 1.807) is 5.38 Å². The minimum atomic E-state index is -0.970. The van der Waals surface area contributed by atoms with E-state index in [9.17, 15) is 19.5 Å². The lowest BCUT2D eigenvalue weighted by Gasteiger charge is -2.20. The predicted octanol–water partition coefficient (Wildman–Crippen LogP) is 3.80. The molecule has 0 saturated carbocycles. The highest BCUT2D eigenvalue weighted by Crippen LogP contribution is 2.44. The number of likely N-dealkylation sites (tertiary alicyclic amines) is 1. The van der Waals surface area contributed by atoms with Gasteiger partial charge in [-0.2, -0.15) is 0 Å². The number of hydrogen-bond acceptors (Lipinski definition) is 6. The molecule has 9 heteroatoms. The molecule has 1 atom stereocenters. The third-order valence-electron chi connectivity index (χ3n) is 6.52. The van der Waals surface area contributed by atoms with Gasteiger partial charge < -0.3 is 20.1 Å². The summed E-state index contributed by atoms with van der Waals surface area (Å²) < 4.78 is 5.54. The van der Waals surface area contributed by atoms with Crippen molar-refractivity contribution in [2.75, 3.05) is 13.2 Å². The SMILES string of the molecule is O=C(NCc1nc(CC(=O)N2CCC[C@H]2C(=O)O)cs1)OCC1c2ccccc2-c2ccccc21. The van der Waals surface area contributed by atoms with Crippen LogP contribution in [0.1, 0.15) is 40.6 Å². The van der Waals surface area contributed by atoms with E-state index in [-0.39, 0.29) is 31.4 Å². The largest absolute Gasteiger partial charge is 0.480 e. The predicted molar refractivity (Wildman–Crippen MR) is 130 cm³/mol. The Morgan fingerprint density at radius 3 is 2.46 bits per heavy atom. The van der Waals surface area contributed by atoms with E-state index in [0.29, 0.717) is 30.1 Å². The molecule has 1 aliphatic heterocycles. The van der Waals surface area contributed by atoms with Gasteiger partial charge in [0.2, 0.25) is 5.91 Å². The monoisotopic (exact) mass is 491 g/mol. The molecule has 5 rings (SSSR count). The Morgan fingerprint density at radius 2 is 1.77 bits per heavy atom. The molecule has 8 nitrogen and oxygen atoms in total. The second kappa shape index (κ2) is 9.87. The number of ether oxygens (including phenoxy) is 1. The summed E-state index contributed by atoms with van der Waals surface area (Å²) in [6.45, 7) is 0.880. The number of fused-ring (bicyclic) bond motifs is 3. The van der Waals surface area contributed by atoms with Gasteiger partial charge in [0.05, 0.1) is 18.7 Å². The number of carbonyl (C=O) groups excluding carboxylic acids is 2. The summed E-state index contributed by atoms with van der Waals surface area (Å²) in [5.41, 5.74) is 5.22. The number of rotatable bonds is 7. The molecule has 0 unspecified atom stereocenters. The van der Waals surface area contributed by atoms with Gasteiger partial charge in [-0.1, -0.05) is 48.5 Å². The summed E-state index contributed by atoms with van der Waals surface area (Å²) in [5.74, 6) is -1.22. The zero-order chi connectivity index (χ0) is 24.4. The Hall–Kier alpha value is -3.72. The third kappa shape index (κ3) is 4.77. The maximum absolute atomic E-state index is 12.5. The summed E-state index contributed by atoms with van der Waals surface area (Å²) in [7, 11) is 0. The van der Waals surface area contributed by atoms with Crippen LogP contribution in [0.4, 0.5) is 4.79 Å². The first-order chi connectivity index (χ1) is 17.0. The topological polar surface area (TPSA) is 109 Å². The van der Waals surface area contributed by atoms with E-state index in [1.807, 2.05) is 24.3 Å². The molecule has 0 radical (unpaired) electrons. The Bertz CT molecular complexity index is 1230. The fraction of sp³-hybridized carbons (Fsp3) is 0.308. The number of aromatic nitrogens is 1. The van der Waals surface area contributed by atoms with Crippen molar-refractivity contribution >= 4 is 29.3 Å². The van der Waals surface area contributed by atoms with E-state index in [1.165, 1.54) is 27.4 Å². The highest BCUT2D eigenvalue weighted by Gasteiger charge is 2.34. The quantitative estimate of drug-likeness (QED) is 0.520. The summed E-state index contributed by atoms with van der Waals surface area (Å²) in [6, 6.07) is 15.6. The number of nitrogens with zero attached hydrogens (tertiary/aromatic N) is 2. The van der Waals surface area contributed by atoms with Gasteiger partial charge in [0.25, 0.3) is 0 Å². The maximum Gasteiger partial charge on any atom is 0.407 e. The second-order valence-electron chi connectivity index (χ2n) is 8.67. The van der Waals surface area contributed by atoms with Gasteiger partial charge in [-0.3, -0.25) is 4.79 Å². The molecular formula is C26H25N3O5S. The van der Waals surface area contributed by atoms with Gasteiger partial charge in [0, 0.05) is 17.8 Å². The average Bonchev–Trinajstić information content (AvgIpc) is 3.59. The van der Waals surface area contributed by atoms with Gasteiger partial charge in [0.15, 0.2) is 0 Å². The van der Waals surface area contributed by atoms with Gasteiger partial charge in [0.1, 0.15) is 17.7 Å². The molecule has 1 fully saturated rings. The van der Waals surface area contributed by atoms with Crippen LogP contribution in [0.2, 0.25) is 0 Å². The van der Waals surface area contributed by atoms with Crippen LogP contribution >= 0.6 is 11.3 Å². The second-order valence-corrected chi connectivity index (χ2v) is 9.61. The number of alkyl carbamates (subject to hydrolysis) is 1. The molecule has 1 aromatic heterocycles. The van der Waals surface area contributed by atoms with Crippen molar-refractivity contribution < 1.29 is 24.2 Å². The summed E-state index contributed by atoms with van der Waals surface area (Å²) in [6.07, 6.45) is 0.689. The smallest absolute Gasteiger partial charge is 0.407 e. The van der Waals surface area contributed by atoms with Gasteiger partial charge in [-0.15, -0.1) is 11.3 Å². The van der Waals surface area contributed by atoms with Gasteiger partial charge in [-0.25, -0.2) is 14.6 Å². The van der Waals surface area contributed by atoms with Crippen molar-refractivity contribution in [3.8, 4) is 11.1 Å². The lowest BCUT2D eigenvalue weighted by molar-refractivity contribution is -0.148.